The Morgan fingerprint density at radius 1 is 1.44 bits per heavy atom. The average Bonchev–Trinajstić information content (AvgIpc) is 2.17. The molecule has 1 atom stereocenters. The zero-order chi connectivity index (χ0) is 12.9. The SMILES string of the molecule is CCC(C)(C)OC(=O)N(C)C(C=O)C(C)C. The van der Waals surface area contributed by atoms with Gasteiger partial charge in [0.05, 0.1) is 6.04 Å². The van der Waals surface area contributed by atoms with Crippen LogP contribution in [0.2, 0.25) is 0 Å². The zero-order valence-electron chi connectivity index (χ0n) is 11.1. The van der Waals surface area contributed by atoms with Gasteiger partial charge in [-0.3, -0.25) is 0 Å². The molecule has 0 heterocycles. The summed E-state index contributed by atoms with van der Waals surface area (Å²) in [7, 11) is 1.59. The second kappa shape index (κ2) is 5.87. The van der Waals surface area contributed by atoms with Gasteiger partial charge in [-0.2, -0.15) is 0 Å². The fourth-order valence-corrected chi connectivity index (χ4v) is 1.20. The third kappa shape index (κ3) is 4.21. The molecule has 0 aliphatic rings. The van der Waals surface area contributed by atoms with Gasteiger partial charge in [-0.15, -0.1) is 0 Å². The molecule has 0 bridgehead atoms. The van der Waals surface area contributed by atoms with Crippen molar-refractivity contribution in [1.82, 2.24) is 4.90 Å². The van der Waals surface area contributed by atoms with Crippen LogP contribution in [-0.2, 0) is 9.53 Å². The molecule has 0 aromatic heterocycles. The molecule has 0 aromatic rings. The summed E-state index contributed by atoms with van der Waals surface area (Å²) >= 11 is 0. The van der Waals surface area contributed by atoms with Gasteiger partial charge in [-0.05, 0) is 26.2 Å². The van der Waals surface area contributed by atoms with Crippen LogP contribution in [-0.4, -0.2) is 36.0 Å². The molecule has 0 aliphatic heterocycles. The summed E-state index contributed by atoms with van der Waals surface area (Å²) in [6.45, 7) is 9.45. The third-order valence-electron chi connectivity index (χ3n) is 2.77. The van der Waals surface area contributed by atoms with Crippen LogP contribution in [0.15, 0.2) is 0 Å². The molecular weight excluding hydrogens is 206 g/mol. The van der Waals surface area contributed by atoms with Crippen LogP contribution in [0.1, 0.15) is 41.0 Å². The van der Waals surface area contributed by atoms with Gasteiger partial charge in [0.15, 0.2) is 0 Å². The van der Waals surface area contributed by atoms with Crippen LogP contribution in [0.5, 0.6) is 0 Å². The summed E-state index contributed by atoms with van der Waals surface area (Å²) in [5.41, 5.74) is -0.490. The van der Waals surface area contributed by atoms with Crippen molar-refractivity contribution in [3.63, 3.8) is 0 Å². The van der Waals surface area contributed by atoms with E-state index < -0.39 is 17.7 Å². The number of hydrogen-bond donors (Lipinski definition) is 0. The van der Waals surface area contributed by atoms with Gasteiger partial charge in [-0.1, -0.05) is 20.8 Å². The number of aldehydes is 1. The predicted octanol–water partition coefficient (Wildman–Crippen LogP) is 2.47. The molecule has 1 amide bonds. The molecule has 4 nitrogen and oxygen atoms in total. The molecule has 0 spiro atoms. The van der Waals surface area contributed by atoms with Crippen LogP contribution >= 0.6 is 0 Å². The Hall–Kier alpha value is -1.06. The first-order chi connectivity index (χ1) is 7.25. The predicted molar refractivity (Wildman–Crippen MR) is 63.3 cm³/mol. The maximum Gasteiger partial charge on any atom is 0.410 e. The van der Waals surface area contributed by atoms with Crippen LogP contribution in [0.3, 0.4) is 0 Å². The summed E-state index contributed by atoms with van der Waals surface area (Å²) in [4.78, 5) is 24.0. The van der Waals surface area contributed by atoms with Crippen LogP contribution < -0.4 is 0 Å². The lowest BCUT2D eigenvalue weighted by molar-refractivity contribution is -0.113. The first-order valence-corrected chi connectivity index (χ1v) is 5.66. The number of rotatable bonds is 5. The largest absolute Gasteiger partial charge is 0.443 e. The highest BCUT2D eigenvalue weighted by Gasteiger charge is 2.28. The molecule has 0 aromatic carbocycles. The van der Waals surface area contributed by atoms with Crippen molar-refractivity contribution in [3.8, 4) is 0 Å². The van der Waals surface area contributed by atoms with Gasteiger partial charge in [0.2, 0.25) is 0 Å². The highest BCUT2D eigenvalue weighted by Crippen LogP contribution is 2.17. The molecule has 94 valence electrons. The second-order valence-corrected chi connectivity index (χ2v) is 4.96. The summed E-state index contributed by atoms with van der Waals surface area (Å²) in [6, 6.07) is -0.430. The molecule has 0 N–H and O–H groups in total. The lowest BCUT2D eigenvalue weighted by Gasteiger charge is -2.31. The van der Waals surface area contributed by atoms with Gasteiger partial charge in [0.1, 0.15) is 11.9 Å². The van der Waals surface area contributed by atoms with Crippen LogP contribution in [0.25, 0.3) is 0 Å². The Bertz CT molecular complexity index is 249. The van der Waals surface area contributed by atoms with E-state index in [1.165, 1.54) is 4.90 Å². The number of hydrogen-bond acceptors (Lipinski definition) is 3. The van der Waals surface area contributed by atoms with Crippen molar-refractivity contribution in [1.29, 1.82) is 0 Å². The van der Waals surface area contributed by atoms with E-state index in [2.05, 4.69) is 0 Å². The van der Waals surface area contributed by atoms with E-state index in [9.17, 15) is 9.59 Å². The van der Waals surface area contributed by atoms with E-state index in [0.29, 0.717) is 0 Å². The Balaban J connectivity index is 4.55. The molecular formula is C12H23NO3. The first kappa shape index (κ1) is 14.9. The van der Waals surface area contributed by atoms with E-state index in [0.717, 1.165) is 12.7 Å². The van der Waals surface area contributed by atoms with Crippen molar-refractivity contribution in [2.24, 2.45) is 5.92 Å². The van der Waals surface area contributed by atoms with E-state index in [-0.39, 0.29) is 5.92 Å². The third-order valence-corrected chi connectivity index (χ3v) is 2.77. The topological polar surface area (TPSA) is 46.6 Å². The monoisotopic (exact) mass is 229 g/mol. The van der Waals surface area contributed by atoms with Crippen LogP contribution in [0.4, 0.5) is 4.79 Å². The first-order valence-electron chi connectivity index (χ1n) is 5.66. The summed E-state index contributed by atoms with van der Waals surface area (Å²) in [6.07, 6.45) is 1.07. The zero-order valence-corrected chi connectivity index (χ0v) is 11.1. The fourth-order valence-electron chi connectivity index (χ4n) is 1.20. The lowest BCUT2D eigenvalue weighted by Crippen LogP contribution is -2.44. The summed E-state index contributed by atoms with van der Waals surface area (Å²) in [5.74, 6) is 0.0831. The molecule has 1 unspecified atom stereocenters. The Labute approximate surface area is 98.0 Å². The number of likely N-dealkylation sites (N-methyl/N-ethyl adjacent to an activating group) is 1. The molecule has 0 saturated heterocycles. The molecule has 0 fully saturated rings. The Morgan fingerprint density at radius 2 is 1.94 bits per heavy atom. The molecule has 0 radical (unpaired) electrons. The smallest absolute Gasteiger partial charge is 0.410 e. The highest BCUT2D eigenvalue weighted by atomic mass is 16.6. The van der Waals surface area contributed by atoms with Crippen molar-refractivity contribution in [2.75, 3.05) is 7.05 Å². The van der Waals surface area contributed by atoms with Crippen molar-refractivity contribution < 1.29 is 14.3 Å². The van der Waals surface area contributed by atoms with Crippen LogP contribution in [0, 0.1) is 5.92 Å². The number of nitrogens with zero attached hydrogens (tertiary/aromatic N) is 1. The van der Waals surface area contributed by atoms with Crippen molar-refractivity contribution >= 4 is 12.4 Å². The minimum atomic E-state index is -0.490. The quantitative estimate of drug-likeness (QED) is 0.680. The standard InChI is InChI=1S/C12H23NO3/c1-7-12(4,5)16-11(15)13(6)10(8-14)9(2)3/h8-10H,7H2,1-6H3. The Morgan fingerprint density at radius 3 is 2.25 bits per heavy atom. The van der Waals surface area contributed by atoms with E-state index in [1.807, 2.05) is 34.6 Å². The maximum absolute atomic E-state index is 11.8. The van der Waals surface area contributed by atoms with E-state index >= 15 is 0 Å². The van der Waals surface area contributed by atoms with Crippen molar-refractivity contribution in [2.45, 2.75) is 52.7 Å². The lowest BCUT2D eigenvalue weighted by atomic mass is 10.1. The number of carbonyl (C=O) groups is 2. The second-order valence-electron chi connectivity index (χ2n) is 4.96. The fraction of sp³-hybridized carbons (Fsp3) is 0.833. The molecule has 0 rings (SSSR count). The van der Waals surface area contributed by atoms with Gasteiger partial charge in [0.25, 0.3) is 0 Å². The maximum atomic E-state index is 11.8. The Kier molecular flexibility index (Phi) is 5.48. The number of amides is 1. The number of ether oxygens (including phenoxy) is 1. The molecule has 0 saturated carbocycles. The minimum absolute atomic E-state index is 0.0831. The minimum Gasteiger partial charge on any atom is -0.443 e. The summed E-state index contributed by atoms with van der Waals surface area (Å²) < 4.78 is 5.31. The summed E-state index contributed by atoms with van der Waals surface area (Å²) in [5, 5.41) is 0. The number of carbonyl (C=O) groups excluding carboxylic acids is 2. The van der Waals surface area contributed by atoms with Gasteiger partial charge < -0.3 is 14.4 Å². The van der Waals surface area contributed by atoms with E-state index in [1.54, 1.807) is 7.05 Å². The van der Waals surface area contributed by atoms with Gasteiger partial charge in [0, 0.05) is 7.05 Å². The molecule has 0 aliphatic carbocycles. The highest BCUT2D eigenvalue weighted by molar-refractivity contribution is 5.73. The van der Waals surface area contributed by atoms with Gasteiger partial charge >= 0.3 is 6.09 Å². The molecule has 16 heavy (non-hydrogen) atoms. The van der Waals surface area contributed by atoms with Crippen molar-refractivity contribution in [3.05, 3.63) is 0 Å². The van der Waals surface area contributed by atoms with Gasteiger partial charge in [-0.25, -0.2) is 4.79 Å². The molecule has 4 heteroatoms. The average molecular weight is 229 g/mol. The normalized spacial score (nSPS) is 13.4. The van der Waals surface area contributed by atoms with E-state index in [4.69, 9.17) is 4.74 Å².